The maximum absolute atomic E-state index is 5.04. The van der Waals surface area contributed by atoms with E-state index >= 15 is 0 Å². The molecule has 2 aliphatic rings. The van der Waals surface area contributed by atoms with Gasteiger partial charge in [0, 0.05) is 12.4 Å². The fourth-order valence-corrected chi connectivity index (χ4v) is 7.23. The summed E-state index contributed by atoms with van der Waals surface area (Å²) in [5.74, 6) is 0. The molecule has 5 heteroatoms. The van der Waals surface area contributed by atoms with Crippen LogP contribution in [0.1, 0.15) is 75.2 Å². The molecular formula is C39H34N4Pt. The standard InChI is InChI=1S/C39H34N4.Pt/c1-37(2)31-13-9-7-11-27(31)29-23-25(15-17-33(29)37)42-21-19-35(40-42)39(5,6)36-20-22-43(41-36)26-16-18-34-30(24-26)28-12-8-10-14-32(28)38(34,3)4;/h7-14,17-24H,1-6H3;/q-2;+2. The topological polar surface area (TPSA) is 35.6 Å². The third-order valence-electron chi connectivity index (χ3n) is 9.95. The smallest absolute Gasteiger partial charge is 0.265 e. The van der Waals surface area contributed by atoms with Crippen LogP contribution in [0.15, 0.2) is 97.3 Å². The number of fused-ring (bicyclic) bond motifs is 6. The largest absolute Gasteiger partial charge is 2.00 e. The van der Waals surface area contributed by atoms with Crippen LogP contribution in [0, 0.1) is 12.1 Å². The average molecular weight is 754 g/mol. The van der Waals surface area contributed by atoms with Crippen molar-refractivity contribution >= 4 is 0 Å². The maximum Gasteiger partial charge on any atom is 2.00 e. The number of hydrogen-bond acceptors (Lipinski definition) is 2. The number of hydrogen-bond donors (Lipinski definition) is 0. The number of nitrogens with zero attached hydrogens (tertiary/aromatic N) is 4. The van der Waals surface area contributed by atoms with Crippen LogP contribution in [-0.4, -0.2) is 19.6 Å². The minimum atomic E-state index is -0.396. The van der Waals surface area contributed by atoms with Crippen LogP contribution in [0.4, 0.5) is 0 Å². The SMILES string of the molecule is CC(C)(c1ccn(-c2[c-]cc3c(c2)-c2ccccc2C3(C)C)n1)c1ccn(-c2[c-]cc3c(c2)-c2ccccc2C3(C)C)n1.[Pt+2]. The molecule has 2 heterocycles. The van der Waals surface area contributed by atoms with E-state index in [0.29, 0.717) is 0 Å². The first kappa shape index (κ1) is 28.7. The molecule has 0 fully saturated rings. The Morgan fingerprint density at radius 3 is 1.41 bits per heavy atom. The Balaban J connectivity index is 0.00000312. The molecule has 0 bridgehead atoms. The quantitative estimate of drug-likeness (QED) is 0.169. The van der Waals surface area contributed by atoms with Crippen molar-refractivity contribution in [1.29, 1.82) is 0 Å². The first-order chi connectivity index (χ1) is 20.6. The molecule has 0 saturated heterocycles. The van der Waals surface area contributed by atoms with Gasteiger partial charge in [0.2, 0.25) is 0 Å². The van der Waals surface area contributed by atoms with Crippen LogP contribution in [0.3, 0.4) is 0 Å². The van der Waals surface area contributed by atoms with Crippen LogP contribution in [0.25, 0.3) is 33.6 Å². The van der Waals surface area contributed by atoms with Gasteiger partial charge in [-0.15, -0.1) is 34.4 Å². The van der Waals surface area contributed by atoms with Crippen molar-refractivity contribution in [3.63, 3.8) is 0 Å². The molecule has 4 aromatic carbocycles. The molecule has 2 aromatic heterocycles. The Morgan fingerprint density at radius 2 is 0.977 bits per heavy atom. The van der Waals surface area contributed by atoms with E-state index in [2.05, 4.69) is 139 Å². The van der Waals surface area contributed by atoms with Crippen molar-refractivity contribution in [1.82, 2.24) is 19.6 Å². The van der Waals surface area contributed by atoms with Crippen molar-refractivity contribution in [2.45, 2.75) is 57.8 Å². The van der Waals surface area contributed by atoms with Crippen molar-refractivity contribution in [2.75, 3.05) is 0 Å². The second-order valence-electron chi connectivity index (χ2n) is 13.5. The Kier molecular flexibility index (Phi) is 6.36. The molecule has 0 saturated carbocycles. The van der Waals surface area contributed by atoms with Gasteiger partial charge in [-0.05, 0) is 70.4 Å². The first-order valence-corrected chi connectivity index (χ1v) is 15.0. The summed E-state index contributed by atoms with van der Waals surface area (Å²) in [4.78, 5) is 0. The van der Waals surface area contributed by atoms with E-state index in [9.17, 15) is 0 Å². The van der Waals surface area contributed by atoms with Crippen LogP contribution in [0.5, 0.6) is 0 Å². The van der Waals surface area contributed by atoms with E-state index in [0.717, 1.165) is 22.8 Å². The molecule has 220 valence electrons. The van der Waals surface area contributed by atoms with Crippen LogP contribution >= 0.6 is 0 Å². The molecule has 8 rings (SSSR count). The molecule has 0 unspecified atom stereocenters. The van der Waals surface area contributed by atoms with E-state index < -0.39 is 5.41 Å². The normalized spacial score (nSPS) is 15.2. The monoisotopic (exact) mass is 753 g/mol. The minimum absolute atomic E-state index is 0. The van der Waals surface area contributed by atoms with Crippen molar-refractivity contribution < 1.29 is 21.1 Å². The summed E-state index contributed by atoms with van der Waals surface area (Å²) >= 11 is 0. The van der Waals surface area contributed by atoms with Crippen molar-refractivity contribution in [3.05, 3.63) is 143 Å². The van der Waals surface area contributed by atoms with Crippen molar-refractivity contribution in [2.24, 2.45) is 0 Å². The Bertz CT molecular complexity index is 1930. The molecule has 0 aliphatic heterocycles. The fraction of sp³-hybridized carbons (Fsp3) is 0.231. The minimum Gasteiger partial charge on any atom is -0.265 e. The summed E-state index contributed by atoms with van der Waals surface area (Å²) in [6.07, 6.45) is 4.07. The van der Waals surface area contributed by atoms with E-state index in [1.54, 1.807) is 0 Å². The summed E-state index contributed by atoms with van der Waals surface area (Å²) in [6, 6.07) is 37.4. The van der Waals surface area contributed by atoms with Crippen LogP contribution in [-0.2, 0) is 37.3 Å². The number of benzene rings is 4. The second kappa shape index (κ2) is 9.74. The van der Waals surface area contributed by atoms with Crippen LogP contribution in [0.2, 0.25) is 0 Å². The molecule has 4 nitrogen and oxygen atoms in total. The van der Waals surface area contributed by atoms with Crippen LogP contribution < -0.4 is 0 Å². The van der Waals surface area contributed by atoms with Gasteiger partial charge >= 0.3 is 21.1 Å². The van der Waals surface area contributed by atoms with Gasteiger partial charge in [0.25, 0.3) is 0 Å². The first-order valence-electron chi connectivity index (χ1n) is 15.0. The van der Waals surface area contributed by atoms with E-state index in [-0.39, 0.29) is 31.9 Å². The Morgan fingerprint density at radius 1 is 0.568 bits per heavy atom. The summed E-state index contributed by atoms with van der Waals surface area (Å²) in [7, 11) is 0. The predicted molar refractivity (Wildman–Crippen MR) is 172 cm³/mol. The molecule has 44 heavy (non-hydrogen) atoms. The van der Waals surface area contributed by atoms with Crippen molar-refractivity contribution in [3.8, 4) is 33.6 Å². The average Bonchev–Trinajstić information content (AvgIpc) is 3.79. The molecule has 2 aliphatic carbocycles. The summed E-state index contributed by atoms with van der Waals surface area (Å²) in [6.45, 7) is 13.5. The van der Waals surface area contributed by atoms with Gasteiger partial charge in [-0.25, -0.2) is 0 Å². The maximum atomic E-state index is 5.04. The Labute approximate surface area is 274 Å². The molecule has 0 N–H and O–H groups in total. The van der Waals surface area contributed by atoms with Gasteiger partial charge < -0.3 is 0 Å². The second-order valence-corrected chi connectivity index (χ2v) is 13.5. The summed E-state index contributed by atoms with van der Waals surface area (Å²) < 4.78 is 3.88. The number of aromatic nitrogens is 4. The van der Waals surface area contributed by atoms with E-state index in [1.807, 2.05) is 21.8 Å². The van der Waals surface area contributed by atoms with Gasteiger partial charge in [0.15, 0.2) is 0 Å². The zero-order valence-corrected chi connectivity index (χ0v) is 28.1. The van der Waals surface area contributed by atoms with Gasteiger partial charge in [0.1, 0.15) is 0 Å². The molecule has 6 aromatic rings. The van der Waals surface area contributed by atoms with E-state index in [4.69, 9.17) is 10.2 Å². The van der Waals surface area contributed by atoms with Gasteiger partial charge in [0.05, 0.1) is 16.8 Å². The molecule has 0 amide bonds. The Hall–Kier alpha value is -4.01. The van der Waals surface area contributed by atoms with Gasteiger partial charge in [-0.2, -0.15) is 34.5 Å². The number of rotatable bonds is 4. The zero-order chi connectivity index (χ0) is 29.7. The zero-order valence-electron chi connectivity index (χ0n) is 25.8. The third-order valence-corrected chi connectivity index (χ3v) is 9.95. The third kappa shape index (κ3) is 4.00. The molecule has 0 atom stereocenters. The molecule has 0 radical (unpaired) electrons. The molecule has 0 spiro atoms. The van der Waals surface area contributed by atoms with E-state index in [1.165, 1.54) is 44.5 Å². The molecular weight excluding hydrogens is 720 g/mol. The van der Waals surface area contributed by atoms with Gasteiger partial charge in [-0.3, -0.25) is 9.36 Å². The fourth-order valence-electron chi connectivity index (χ4n) is 7.23. The predicted octanol–water partition coefficient (Wildman–Crippen LogP) is 8.59. The van der Waals surface area contributed by atoms with Gasteiger partial charge in [-0.1, -0.05) is 76.2 Å². The summed E-state index contributed by atoms with van der Waals surface area (Å²) in [5, 5.41) is 10.1. The summed E-state index contributed by atoms with van der Waals surface area (Å²) in [5.41, 5.74) is 13.8.